The van der Waals surface area contributed by atoms with Crippen molar-refractivity contribution in [1.29, 1.82) is 0 Å². The second-order valence-electron chi connectivity index (χ2n) is 6.83. The molecule has 2 aromatic carbocycles. The Balaban J connectivity index is 1.68. The van der Waals surface area contributed by atoms with E-state index in [9.17, 15) is 4.79 Å². The van der Waals surface area contributed by atoms with Gasteiger partial charge in [0.2, 0.25) is 11.8 Å². The van der Waals surface area contributed by atoms with Crippen molar-refractivity contribution in [1.82, 2.24) is 10.2 Å². The fraction of sp³-hybridized carbons (Fsp3) is 0.318. The van der Waals surface area contributed by atoms with Crippen LogP contribution in [-0.2, 0) is 4.79 Å². The molecule has 28 heavy (non-hydrogen) atoms. The van der Waals surface area contributed by atoms with Crippen LogP contribution in [0.1, 0.15) is 44.2 Å². The van der Waals surface area contributed by atoms with Gasteiger partial charge < -0.3 is 9.73 Å². The molecule has 0 aliphatic rings. The first kappa shape index (κ1) is 20.1. The highest BCUT2D eigenvalue weighted by atomic mass is 32.2. The molecule has 0 saturated heterocycles. The molecule has 3 rings (SSSR count). The molecule has 0 radical (unpaired) electrons. The highest BCUT2D eigenvalue weighted by Crippen LogP contribution is 2.30. The molecule has 0 fully saturated rings. The number of rotatable bonds is 7. The lowest BCUT2D eigenvalue weighted by Gasteiger charge is -2.17. The summed E-state index contributed by atoms with van der Waals surface area (Å²) in [5, 5.41) is 11.3. The third kappa shape index (κ3) is 4.62. The Morgan fingerprint density at radius 1 is 1.11 bits per heavy atom. The maximum absolute atomic E-state index is 12.7. The Bertz CT molecular complexity index is 954. The second kappa shape index (κ2) is 9.06. The monoisotopic (exact) mass is 395 g/mol. The van der Waals surface area contributed by atoms with Crippen molar-refractivity contribution in [3.8, 4) is 11.5 Å². The quantitative estimate of drug-likeness (QED) is 0.521. The topological polar surface area (TPSA) is 68.0 Å². The first-order chi connectivity index (χ1) is 13.5. The molecule has 0 unspecified atom stereocenters. The van der Waals surface area contributed by atoms with Gasteiger partial charge in [-0.1, -0.05) is 62.0 Å². The van der Waals surface area contributed by atoms with Gasteiger partial charge in [0.05, 0.1) is 5.25 Å². The summed E-state index contributed by atoms with van der Waals surface area (Å²) < 4.78 is 5.76. The fourth-order valence-corrected chi connectivity index (χ4v) is 3.56. The zero-order valence-electron chi connectivity index (χ0n) is 16.6. The number of anilines is 1. The smallest absolute Gasteiger partial charge is 0.277 e. The summed E-state index contributed by atoms with van der Waals surface area (Å²) in [6.45, 7) is 8.14. The van der Waals surface area contributed by atoms with Crippen LogP contribution in [0, 0.1) is 6.92 Å². The minimum atomic E-state index is -0.366. The predicted molar refractivity (Wildman–Crippen MR) is 114 cm³/mol. The molecule has 0 bridgehead atoms. The largest absolute Gasteiger partial charge is 0.411 e. The highest BCUT2D eigenvalue weighted by molar-refractivity contribution is 8.00. The second-order valence-corrected chi connectivity index (χ2v) is 8.13. The Morgan fingerprint density at radius 2 is 1.82 bits per heavy atom. The minimum Gasteiger partial charge on any atom is -0.411 e. The van der Waals surface area contributed by atoms with Gasteiger partial charge in [-0.15, -0.1) is 10.2 Å². The van der Waals surface area contributed by atoms with E-state index in [-0.39, 0.29) is 11.2 Å². The van der Waals surface area contributed by atoms with E-state index in [1.54, 1.807) is 0 Å². The van der Waals surface area contributed by atoms with Crippen LogP contribution >= 0.6 is 11.8 Å². The highest BCUT2D eigenvalue weighted by Gasteiger charge is 2.20. The van der Waals surface area contributed by atoms with Crippen LogP contribution in [0.15, 0.2) is 58.2 Å². The number of nitrogens with zero attached hydrogens (tertiary/aromatic N) is 2. The van der Waals surface area contributed by atoms with Crippen molar-refractivity contribution in [3.05, 3.63) is 59.7 Å². The van der Waals surface area contributed by atoms with Crippen molar-refractivity contribution in [2.75, 3.05) is 5.32 Å². The van der Waals surface area contributed by atoms with E-state index in [0.717, 1.165) is 28.8 Å². The van der Waals surface area contributed by atoms with Crippen molar-refractivity contribution in [3.63, 3.8) is 0 Å². The number of aryl methyl sites for hydroxylation is 1. The number of carbonyl (C=O) groups is 1. The number of hydrogen-bond acceptors (Lipinski definition) is 5. The third-order valence-electron chi connectivity index (χ3n) is 4.79. The summed E-state index contributed by atoms with van der Waals surface area (Å²) in [6.07, 6.45) is 1.01. The summed E-state index contributed by atoms with van der Waals surface area (Å²) in [6, 6.07) is 15.8. The van der Waals surface area contributed by atoms with Crippen LogP contribution in [0.25, 0.3) is 11.5 Å². The summed E-state index contributed by atoms with van der Waals surface area (Å²) in [4.78, 5) is 12.7. The number of para-hydroxylation sites is 1. The minimum absolute atomic E-state index is 0.0867. The number of thioether (sulfide) groups is 1. The Hall–Kier alpha value is -2.60. The lowest BCUT2D eigenvalue weighted by molar-refractivity contribution is -0.115. The molecule has 146 valence electrons. The van der Waals surface area contributed by atoms with Gasteiger partial charge in [-0.3, -0.25) is 4.79 Å². The van der Waals surface area contributed by atoms with Gasteiger partial charge in [-0.2, -0.15) is 0 Å². The van der Waals surface area contributed by atoms with Gasteiger partial charge in [0.1, 0.15) is 0 Å². The van der Waals surface area contributed by atoms with Crippen LogP contribution in [0.4, 0.5) is 5.69 Å². The van der Waals surface area contributed by atoms with Crippen LogP contribution in [-0.4, -0.2) is 21.4 Å². The summed E-state index contributed by atoms with van der Waals surface area (Å²) >= 11 is 1.26. The van der Waals surface area contributed by atoms with Crippen molar-refractivity contribution in [2.24, 2.45) is 0 Å². The first-order valence-electron chi connectivity index (χ1n) is 9.45. The average molecular weight is 396 g/mol. The standard InChI is InChI=1S/C22H25N3O2S/c1-5-14(2)17-11-8-9-13-19(17)23-20(26)16(4)28-22-25-24-21(27-22)18-12-7-6-10-15(18)3/h6-14,16H,5H2,1-4H3,(H,23,26)/t14-,16+/m0/s1. The van der Waals surface area contributed by atoms with E-state index in [0.29, 0.717) is 17.0 Å². The Morgan fingerprint density at radius 3 is 2.57 bits per heavy atom. The molecular weight excluding hydrogens is 370 g/mol. The molecule has 0 aliphatic carbocycles. The first-order valence-corrected chi connectivity index (χ1v) is 10.3. The van der Waals surface area contributed by atoms with E-state index < -0.39 is 0 Å². The predicted octanol–water partition coefficient (Wildman–Crippen LogP) is 5.68. The van der Waals surface area contributed by atoms with Crippen molar-refractivity contribution in [2.45, 2.75) is 50.5 Å². The molecule has 1 aromatic heterocycles. The van der Waals surface area contributed by atoms with Gasteiger partial charge in [0.15, 0.2) is 0 Å². The number of benzene rings is 2. The lowest BCUT2D eigenvalue weighted by Crippen LogP contribution is -2.23. The van der Waals surface area contributed by atoms with E-state index in [1.165, 1.54) is 11.8 Å². The van der Waals surface area contributed by atoms with Crippen LogP contribution in [0.3, 0.4) is 0 Å². The molecule has 0 aliphatic heterocycles. The molecule has 0 spiro atoms. The molecule has 6 heteroatoms. The normalized spacial score (nSPS) is 13.1. The SMILES string of the molecule is CC[C@H](C)c1ccccc1NC(=O)[C@@H](C)Sc1nnc(-c2ccccc2C)o1. The summed E-state index contributed by atoms with van der Waals surface area (Å²) in [7, 11) is 0. The van der Waals surface area contributed by atoms with Crippen LogP contribution < -0.4 is 5.32 Å². The molecule has 3 aromatic rings. The fourth-order valence-electron chi connectivity index (χ4n) is 2.88. The van der Waals surface area contributed by atoms with Gasteiger partial charge in [0.25, 0.3) is 5.22 Å². The lowest BCUT2D eigenvalue weighted by atomic mass is 9.97. The van der Waals surface area contributed by atoms with Gasteiger partial charge >= 0.3 is 0 Å². The van der Waals surface area contributed by atoms with E-state index in [4.69, 9.17) is 4.42 Å². The molecule has 1 N–H and O–H groups in total. The molecule has 0 saturated carbocycles. The van der Waals surface area contributed by atoms with Crippen LogP contribution in [0.5, 0.6) is 0 Å². The van der Waals surface area contributed by atoms with E-state index in [1.807, 2.05) is 56.3 Å². The third-order valence-corrected chi connectivity index (χ3v) is 5.72. The number of hydrogen-bond donors (Lipinski definition) is 1. The van der Waals surface area contributed by atoms with Gasteiger partial charge in [0, 0.05) is 11.3 Å². The molecular formula is C22H25N3O2S. The van der Waals surface area contributed by atoms with E-state index >= 15 is 0 Å². The molecule has 1 heterocycles. The van der Waals surface area contributed by atoms with Gasteiger partial charge in [-0.25, -0.2) is 0 Å². The number of carbonyl (C=O) groups excluding carboxylic acids is 1. The van der Waals surface area contributed by atoms with E-state index in [2.05, 4.69) is 35.4 Å². The zero-order chi connectivity index (χ0) is 20.1. The Labute approximate surface area is 170 Å². The van der Waals surface area contributed by atoms with Crippen molar-refractivity contribution >= 4 is 23.4 Å². The zero-order valence-corrected chi connectivity index (χ0v) is 17.4. The molecule has 2 atom stereocenters. The number of aromatic nitrogens is 2. The summed E-state index contributed by atoms with van der Waals surface area (Å²) in [5.74, 6) is 0.763. The average Bonchev–Trinajstić information content (AvgIpc) is 3.16. The summed E-state index contributed by atoms with van der Waals surface area (Å²) in [5.41, 5.74) is 3.98. The molecule has 5 nitrogen and oxygen atoms in total. The maximum Gasteiger partial charge on any atom is 0.277 e. The number of amides is 1. The molecule has 1 amide bonds. The Kier molecular flexibility index (Phi) is 6.52. The number of nitrogens with one attached hydrogen (secondary N) is 1. The van der Waals surface area contributed by atoms with Crippen molar-refractivity contribution < 1.29 is 9.21 Å². The maximum atomic E-state index is 12.7. The van der Waals surface area contributed by atoms with Crippen LogP contribution in [0.2, 0.25) is 0 Å². The van der Waals surface area contributed by atoms with Gasteiger partial charge in [-0.05, 0) is 49.4 Å².